The summed E-state index contributed by atoms with van der Waals surface area (Å²) in [5.74, 6) is 0.799. The molecule has 1 amide bonds. The second-order valence-corrected chi connectivity index (χ2v) is 9.14. The van der Waals surface area contributed by atoms with Gasteiger partial charge in [0.2, 0.25) is 10.0 Å². The van der Waals surface area contributed by atoms with Gasteiger partial charge in [0.1, 0.15) is 16.4 Å². The highest BCUT2D eigenvalue weighted by atomic mass is 32.2. The molecule has 3 aromatic rings. The van der Waals surface area contributed by atoms with Crippen molar-refractivity contribution < 1.29 is 22.7 Å². The van der Waals surface area contributed by atoms with E-state index in [0.717, 1.165) is 9.87 Å². The van der Waals surface area contributed by atoms with Crippen LogP contribution in [0.25, 0.3) is 0 Å². The summed E-state index contributed by atoms with van der Waals surface area (Å²) in [6.07, 6.45) is 0. The molecule has 31 heavy (non-hydrogen) atoms. The molecule has 0 spiro atoms. The maximum absolute atomic E-state index is 12.9. The minimum atomic E-state index is -3.80. The maximum Gasteiger partial charge on any atom is 0.255 e. The molecule has 0 aliphatic heterocycles. The van der Waals surface area contributed by atoms with Gasteiger partial charge in [-0.15, -0.1) is 0 Å². The molecule has 7 nitrogen and oxygen atoms in total. The number of benzene rings is 3. The van der Waals surface area contributed by atoms with Crippen LogP contribution >= 0.6 is 0 Å². The maximum atomic E-state index is 12.9. The van der Waals surface area contributed by atoms with E-state index >= 15 is 0 Å². The highest BCUT2D eigenvalue weighted by molar-refractivity contribution is 7.89. The van der Waals surface area contributed by atoms with Gasteiger partial charge in [0.15, 0.2) is 5.75 Å². The van der Waals surface area contributed by atoms with Crippen LogP contribution in [0.15, 0.2) is 71.6 Å². The topological polar surface area (TPSA) is 84.9 Å². The van der Waals surface area contributed by atoms with Gasteiger partial charge in [-0.2, -0.15) is 0 Å². The third-order valence-corrected chi connectivity index (χ3v) is 6.37. The summed E-state index contributed by atoms with van der Waals surface area (Å²) >= 11 is 0. The van der Waals surface area contributed by atoms with Gasteiger partial charge in [-0.3, -0.25) is 4.79 Å². The zero-order valence-electron chi connectivity index (χ0n) is 17.7. The summed E-state index contributed by atoms with van der Waals surface area (Å²) in [7, 11) is 0.414. The van der Waals surface area contributed by atoms with Gasteiger partial charge in [0.05, 0.1) is 12.8 Å². The van der Waals surface area contributed by atoms with Gasteiger partial charge >= 0.3 is 0 Å². The quantitative estimate of drug-likeness (QED) is 0.592. The third-order valence-electron chi connectivity index (χ3n) is 4.54. The average Bonchev–Trinajstić information content (AvgIpc) is 2.74. The largest absolute Gasteiger partial charge is 0.495 e. The smallest absolute Gasteiger partial charge is 0.255 e. The van der Waals surface area contributed by atoms with Crippen molar-refractivity contribution >= 4 is 21.6 Å². The highest BCUT2D eigenvalue weighted by Crippen LogP contribution is 2.31. The first-order chi connectivity index (χ1) is 14.7. The molecule has 0 aromatic heterocycles. The first-order valence-electron chi connectivity index (χ1n) is 9.48. The molecule has 0 atom stereocenters. The summed E-state index contributed by atoms with van der Waals surface area (Å²) in [5.41, 5.74) is 1.68. The van der Waals surface area contributed by atoms with Crippen molar-refractivity contribution in [2.24, 2.45) is 0 Å². The predicted molar refractivity (Wildman–Crippen MR) is 120 cm³/mol. The molecule has 3 rings (SSSR count). The number of sulfonamides is 1. The molecule has 0 unspecified atom stereocenters. The Morgan fingerprint density at radius 1 is 0.935 bits per heavy atom. The van der Waals surface area contributed by atoms with E-state index in [1.165, 1.54) is 39.4 Å². The van der Waals surface area contributed by atoms with Crippen molar-refractivity contribution in [1.82, 2.24) is 4.31 Å². The summed E-state index contributed by atoms with van der Waals surface area (Å²) < 4.78 is 37.4. The van der Waals surface area contributed by atoms with E-state index in [4.69, 9.17) is 9.47 Å². The summed E-state index contributed by atoms with van der Waals surface area (Å²) in [5, 5.41) is 2.79. The standard InChI is InChI=1S/C23H24N2O5S/c1-16-8-7-9-18(14-16)30-20-11-6-5-10-19(20)24-23(26)17-12-13-21(29-4)22(15-17)31(27,28)25(2)3/h5-15H,1-4H3,(H,24,26). The molecule has 0 fully saturated rings. The number of amides is 1. The molecule has 8 heteroatoms. The first kappa shape index (κ1) is 22.3. The Hall–Kier alpha value is -3.36. The van der Waals surface area contributed by atoms with Crippen molar-refractivity contribution in [1.29, 1.82) is 0 Å². The van der Waals surface area contributed by atoms with Gasteiger partial charge in [-0.25, -0.2) is 12.7 Å². The molecule has 0 radical (unpaired) electrons. The van der Waals surface area contributed by atoms with Crippen LogP contribution in [0, 0.1) is 6.92 Å². The van der Waals surface area contributed by atoms with Crippen molar-refractivity contribution in [2.75, 3.05) is 26.5 Å². The molecule has 0 bridgehead atoms. The van der Waals surface area contributed by atoms with Crippen molar-refractivity contribution in [2.45, 2.75) is 11.8 Å². The number of methoxy groups -OCH3 is 1. The van der Waals surface area contributed by atoms with E-state index in [-0.39, 0.29) is 16.2 Å². The van der Waals surface area contributed by atoms with Crippen LogP contribution in [-0.4, -0.2) is 39.8 Å². The van der Waals surface area contributed by atoms with Crippen molar-refractivity contribution in [3.05, 3.63) is 77.9 Å². The van der Waals surface area contributed by atoms with Gasteiger partial charge < -0.3 is 14.8 Å². The lowest BCUT2D eigenvalue weighted by molar-refractivity contribution is 0.102. The average molecular weight is 441 g/mol. The minimum Gasteiger partial charge on any atom is -0.495 e. The number of anilines is 1. The molecule has 0 aliphatic carbocycles. The zero-order chi connectivity index (χ0) is 22.6. The van der Waals surface area contributed by atoms with E-state index in [9.17, 15) is 13.2 Å². The molecular weight excluding hydrogens is 416 g/mol. The van der Waals surface area contributed by atoms with Gasteiger partial charge in [0.25, 0.3) is 5.91 Å². The molecule has 1 N–H and O–H groups in total. The van der Waals surface area contributed by atoms with Crippen LogP contribution in [0.5, 0.6) is 17.2 Å². The highest BCUT2D eigenvalue weighted by Gasteiger charge is 2.24. The van der Waals surface area contributed by atoms with Crippen LogP contribution < -0.4 is 14.8 Å². The van der Waals surface area contributed by atoms with Gasteiger partial charge in [0, 0.05) is 19.7 Å². The number of hydrogen-bond acceptors (Lipinski definition) is 5. The Morgan fingerprint density at radius 2 is 1.68 bits per heavy atom. The Morgan fingerprint density at radius 3 is 2.35 bits per heavy atom. The van der Waals surface area contributed by atoms with Crippen LogP contribution in [0.1, 0.15) is 15.9 Å². The van der Waals surface area contributed by atoms with Crippen LogP contribution in [0.3, 0.4) is 0 Å². The third kappa shape index (κ3) is 5.04. The number of nitrogens with one attached hydrogen (secondary N) is 1. The molecule has 3 aromatic carbocycles. The summed E-state index contributed by atoms with van der Waals surface area (Å²) in [6, 6.07) is 18.9. The normalized spacial score (nSPS) is 11.3. The molecule has 0 aliphatic rings. The SMILES string of the molecule is COc1ccc(C(=O)Nc2ccccc2Oc2cccc(C)c2)cc1S(=O)(=O)N(C)C. The van der Waals surface area contributed by atoms with E-state index < -0.39 is 15.9 Å². The second-order valence-electron chi connectivity index (χ2n) is 7.02. The summed E-state index contributed by atoms with van der Waals surface area (Å²) in [4.78, 5) is 12.8. The van der Waals surface area contributed by atoms with Crippen LogP contribution in [0.2, 0.25) is 0 Å². The Labute approximate surface area is 182 Å². The molecule has 162 valence electrons. The van der Waals surface area contributed by atoms with E-state index in [2.05, 4.69) is 5.32 Å². The fourth-order valence-electron chi connectivity index (χ4n) is 2.88. The Kier molecular flexibility index (Phi) is 6.62. The second kappa shape index (κ2) is 9.20. The monoisotopic (exact) mass is 440 g/mol. The number of ether oxygens (including phenoxy) is 2. The molecular formula is C23H24N2O5S. The van der Waals surface area contributed by atoms with Crippen LogP contribution in [-0.2, 0) is 10.0 Å². The molecule has 0 heterocycles. The predicted octanol–water partition coefficient (Wildman–Crippen LogP) is 4.30. The lowest BCUT2D eigenvalue weighted by Gasteiger charge is -2.16. The number of hydrogen-bond donors (Lipinski definition) is 1. The lowest BCUT2D eigenvalue weighted by Crippen LogP contribution is -2.23. The van der Waals surface area contributed by atoms with Crippen molar-refractivity contribution in [3.8, 4) is 17.2 Å². The number of nitrogens with zero attached hydrogens (tertiary/aromatic N) is 1. The van der Waals surface area contributed by atoms with Gasteiger partial charge in [-0.05, 0) is 55.0 Å². The Bertz CT molecular complexity index is 1210. The number of para-hydroxylation sites is 2. The zero-order valence-corrected chi connectivity index (χ0v) is 18.6. The Balaban J connectivity index is 1.91. The number of carbonyl (C=O) groups excluding carboxylic acids is 1. The first-order valence-corrected chi connectivity index (χ1v) is 10.9. The fourth-order valence-corrected chi connectivity index (χ4v) is 3.95. The van der Waals surface area contributed by atoms with E-state index in [1.807, 2.05) is 31.2 Å². The number of rotatable bonds is 7. The van der Waals surface area contributed by atoms with Crippen molar-refractivity contribution in [3.63, 3.8) is 0 Å². The van der Waals surface area contributed by atoms with E-state index in [1.54, 1.807) is 24.3 Å². The fraction of sp³-hybridized carbons (Fsp3) is 0.174. The summed E-state index contributed by atoms with van der Waals surface area (Å²) in [6.45, 7) is 1.96. The molecule has 0 saturated heterocycles. The lowest BCUT2D eigenvalue weighted by atomic mass is 10.2. The number of carbonyl (C=O) groups is 1. The number of aryl methyl sites for hydroxylation is 1. The minimum absolute atomic E-state index is 0.0862. The molecule has 0 saturated carbocycles. The van der Waals surface area contributed by atoms with Gasteiger partial charge in [-0.1, -0.05) is 24.3 Å². The van der Waals surface area contributed by atoms with Crippen LogP contribution in [0.4, 0.5) is 5.69 Å². The van der Waals surface area contributed by atoms with E-state index in [0.29, 0.717) is 17.2 Å².